The van der Waals surface area contributed by atoms with E-state index in [2.05, 4.69) is 0 Å². The molecule has 1 aromatic carbocycles. The molecule has 0 saturated carbocycles. The number of benzene rings is 1. The molecule has 3 atom stereocenters. The number of hydrogen-bond donors (Lipinski definition) is 3. The first kappa shape index (κ1) is 13.8. The van der Waals surface area contributed by atoms with Crippen LogP contribution in [0.25, 0.3) is 0 Å². The van der Waals surface area contributed by atoms with Gasteiger partial charge in [0.15, 0.2) is 11.6 Å². The van der Waals surface area contributed by atoms with Crippen LogP contribution < -0.4 is 0 Å². The number of fused-ring (bicyclic) bond motifs is 1. The second-order valence-electron chi connectivity index (χ2n) is 5.30. The number of aliphatic hydroxyl groups excluding tert-OH is 1. The molecule has 1 aliphatic carbocycles. The van der Waals surface area contributed by atoms with Crippen molar-refractivity contribution in [1.82, 2.24) is 0 Å². The number of ketones is 2. The molecule has 3 N–H and O–H groups in total. The molecule has 110 valence electrons. The Bertz CT molecular complexity index is 702. The smallest absolute Gasteiger partial charge is 0.196 e. The highest BCUT2D eigenvalue weighted by atomic mass is 16.5. The van der Waals surface area contributed by atoms with Crippen LogP contribution in [0.1, 0.15) is 34.6 Å². The van der Waals surface area contributed by atoms with Crippen LogP contribution in [0.3, 0.4) is 0 Å². The fraction of sp³-hybridized carbons (Fsp3) is 0.333. The topological polar surface area (TPSA) is 104 Å². The van der Waals surface area contributed by atoms with Gasteiger partial charge in [-0.05, 0) is 19.9 Å². The van der Waals surface area contributed by atoms with Crippen LogP contribution in [-0.2, 0) is 4.74 Å². The van der Waals surface area contributed by atoms with Crippen molar-refractivity contribution in [2.45, 2.75) is 32.2 Å². The molecule has 1 aromatic rings. The van der Waals surface area contributed by atoms with Gasteiger partial charge < -0.3 is 20.1 Å². The van der Waals surface area contributed by atoms with E-state index >= 15 is 0 Å². The molecule has 6 nitrogen and oxygen atoms in total. The second kappa shape index (κ2) is 4.41. The van der Waals surface area contributed by atoms with Crippen molar-refractivity contribution >= 4 is 11.6 Å². The summed E-state index contributed by atoms with van der Waals surface area (Å²) < 4.78 is 5.45. The lowest BCUT2D eigenvalue weighted by atomic mass is 9.77. The average molecular weight is 290 g/mol. The third-order valence-electron chi connectivity index (χ3n) is 3.92. The van der Waals surface area contributed by atoms with Crippen LogP contribution in [0.4, 0.5) is 0 Å². The quantitative estimate of drug-likeness (QED) is 0.657. The Labute approximate surface area is 120 Å². The number of carbonyl (C=O) groups is 2. The summed E-state index contributed by atoms with van der Waals surface area (Å²) in [6, 6.07) is 2.12. The first-order valence-electron chi connectivity index (χ1n) is 6.56. The zero-order chi connectivity index (χ0) is 15.5. The Morgan fingerprint density at radius 1 is 1.05 bits per heavy atom. The van der Waals surface area contributed by atoms with Crippen molar-refractivity contribution in [3.05, 3.63) is 34.4 Å². The monoisotopic (exact) mass is 290 g/mol. The highest BCUT2D eigenvalue weighted by Crippen LogP contribution is 2.40. The normalized spacial score (nSPS) is 28.4. The van der Waals surface area contributed by atoms with Crippen molar-refractivity contribution in [1.29, 1.82) is 0 Å². The number of Topliss-reactive ketones (excluding diaryl/α,β-unsaturated/α-hetero) is 2. The van der Waals surface area contributed by atoms with Gasteiger partial charge in [0, 0.05) is 22.8 Å². The number of aromatic hydroxyl groups is 2. The first-order chi connectivity index (χ1) is 9.82. The van der Waals surface area contributed by atoms with Gasteiger partial charge in [-0.15, -0.1) is 0 Å². The molecule has 0 saturated heterocycles. The summed E-state index contributed by atoms with van der Waals surface area (Å²) in [6.45, 7) is 3.23. The lowest BCUT2D eigenvalue weighted by molar-refractivity contribution is -0.0493. The SMILES string of the molecule is C[C@@H]1O[C@H](C)[C@@H](O)C2=C1C(=O)c1c(O)cc(O)cc1C2=O. The van der Waals surface area contributed by atoms with Crippen LogP contribution in [0, 0.1) is 0 Å². The zero-order valence-electron chi connectivity index (χ0n) is 11.5. The maximum absolute atomic E-state index is 12.6. The van der Waals surface area contributed by atoms with Crippen LogP contribution in [0.2, 0.25) is 0 Å². The summed E-state index contributed by atoms with van der Waals surface area (Å²) in [5.41, 5.74) is -0.201. The standard InChI is InChI=1S/C15H14O6/c1-5-10-12(13(18)6(2)21-5)14(19)8-3-7(16)4-9(17)11(8)15(10)20/h3-6,13,16-18H,1-2H3/t5-,6+,13+/m0/s1. The van der Waals surface area contributed by atoms with E-state index in [4.69, 9.17) is 4.74 Å². The number of phenolic OH excluding ortho intramolecular Hbond substituents is 2. The molecule has 0 bridgehead atoms. The van der Waals surface area contributed by atoms with Crippen LogP contribution >= 0.6 is 0 Å². The molecule has 0 spiro atoms. The molecule has 0 aromatic heterocycles. The van der Waals surface area contributed by atoms with E-state index in [-0.39, 0.29) is 28.0 Å². The minimum atomic E-state index is -1.22. The fourth-order valence-corrected chi connectivity index (χ4v) is 2.95. The van der Waals surface area contributed by atoms with Crippen molar-refractivity contribution < 1.29 is 29.6 Å². The van der Waals surface area contributed by atoms with Crippen molar-refractivity contribution in [2.24, 2.45) is 0 Å². The van der Waals surface area contributed by atoms with Gasteiger partial charge in [-0.3, -0.25) is 9.59 Å². The molecule has 0 amide bonds. The molecule has 21 heavy (non-hydrogen) atoms. The number of hydrogen-bond acceptors (Lipinski definition) is 6. The van der Waals surface area contributed by atoms with Crippen molar-refractivity contribution in [2.75, 3.05) is 0 Å². The Hall–Kier alpha value is -2.18. The summed E-state index contributed by atoms with van der Waals surface area (Å²) in [5, 5.41) is 29.5. The summed E-state index contributed by atoms with van der Waals surface area (Å²) in [7, 11) is 0. The molecule has 0 fully saturated rings. The first-order valence-corrected chi connectivity index (χ1v) is 6.56. The number of ether oxygens (including phenoxy) is 1. The molecule has 6 heteroatoms. The second-order valence-corrected chi connectivity index (χ2v) is 5.30. The Balaban J connectivity index is 2.29. The predicted molar refractivity (Wildman–Crippen MR) is 71.5 cm³/mol. The zero-order valence-corrected chi connectivity index (χ0v) is 11.5. The van der Waals surface area contributed by atoms with Gasteiger partial charge in [0.05, 0.1) is 17.8 Å². The van der Waals surface area contributed by atoms with E-state index in [1.54, 1.807) is 13.8 Å². The van der Waals surface area contributed by atoms with Gasteiger partial charge in [0.25, 0.3) is 0 Å². The highest BCUT2D eigenvalue weighted by Gasteiger charge is 2.44. The minimum Gasteiger partial charge on any atom is -0.508 e. The van der Waals surface area contributed by atoms with E-state index in [1.807, 2.05) is 0 Å². The molecule has 1 aliphatic heterocycles. The van der Waals surface area contributed by atoms with E-state index < -0.39 is 35.6 Å². The molecule has 0 radical (unpaired) electrons. The third kappa shape index (κ3) is 1.80. The lowest BCUT2D eigenvalue weighted by Gasteiger charge is -2.36. The molecule has 1 heterocycles. The molecule has 2 aliphatic rings. The van der Waals surface area contributed by atoms with Gasteiger partial charge in [0.1, 0.15) is 17.6 Å². The maximum atomic E-state index is 12.6. The van der Waals surface area contributed by atoms with E-state index in [9.17, 15) is 24.9 Å². The van der Waals surface area contributed by atoms with E-state index in [0.29, 0.717) is 0 Å². The number of rotatable bonds is 0. The molecule has 3 rings (SSSR count). The van der Waals surface area contributed by atoms with Crippen LogP contribution in [-0.4, -0.2) is 45.2 Å². The summed E-state index contributed by atoms with van der Waals surface area (Å²) >= 11 is 0. The van der Waals surface area contributed by atoms with Crippen molar-refractivity contribution in [3.8, 4) is 11.5 Å². The van der Waals surface area contributed by atoms with Gasteiger partial charge >= 0.3 is 0 Å². The van der Waals surface area contributed by atoms with Gasteiger partial charge in [0.2, 0.25) is 0 Å². The van der Waals surface area contributed by atoms with Crippen LogP contribution in [0.5, 0.6) is 11.5 Å². The Kier molecular flexibility index (Phi) is 2.89. The molecular weight excluding hydrogens is 276 g/mol. The van der Waals surface area contributed by atoms with E-state index in [0.717, 1.165) is 12.1 Å². The van der Waals surface area contributed by atoms with E-state index in [1.165, 1.54) is 0 Å². The average Bonchev–Trinajstić information content (AvgIpc) is 2.39. The van der Waals surface area contributed by atoms with Crippen molar-refractivity contribution in [3.63, 3.8) is 0 Å². The molecular formula is C15H14O6. The maximum Gasteiger partial charge on any atom is 0.196 e. The molecule has 0 unspecified atom stereocenters. The Morgan fingerprint density at radius 3 is 2.38 bits per heavy atom. The largest absolute Gasteiger partial charge is 0.508 e. The highest BCUT2D eigenvalue weighted by molar-refractivity contribution is 6.28. The Morgan fingerprint density at radius 2 is 1.71 bits per heavy atom. The number of phenols is 2. The lowest BCUT2D eigenvalue weighted by Crippen LogP contribution is -2.45. The minimum absolute atomic E-state index is 0.0104. The third-order valence-corrected chi connectivity index (χ3v) is 3.92. The summed E-state index contributed by atoms with van der Waals surface area (Å²) in [4.78, 5) is 25.1. The van der Waals surface area contributed by atoms with Crippen LogP contribution in [0.15, 0.2) is 23.3 Å². The summed E-state index contributed by atoms with van der Waals surface area (Å²) in [6.07, 6.45) is -2.50. The van der Waals surface area contributed by atoms with Gasteiger partial charge in [-0.1, -0.05) is 0 Å². The predicted octanol–water partition coefficient (Wildman–Crippen LogP) is 0.941. The number of aliphatic hydroxyl groups is 1. The van der Waals surface area contributed by atoms with Gasteiger partial charge in [-0.2, -0.15) is 0 Å². The summed E-state index contributed by atoms with van der Waals surface area (Å²) in [5.74, 6) is -1.91. The van der Waals surface area contributed by atoms with Gasteiger partial charge in [-0.25, -0.2) is 0 Å². The number of carbonyl (C=O) groups excluding carboxylic acids is 2. The fourth-order valence-electron chi connectivity index (χ4n) is 2.95.